The molecule has 2 N–H and O–H groups in total. The van der Waals surface area contributed by atoms with Crippen molar-refractivity contribution >= 4 is 0 Å². The van der Waals surface area contributed by atoms with E-state index in [0.29, 0.717) is 0 Å². The summed E-state index contributed by atoms with van der Waals surface area (Å²) >= 11 is 0. The minimum absolute atomic E-state index is 0.225. The van der Waals surface area contributed by atoms with Gasteiger partial charge in [-0.05, 0) is 63.7 Å². The molecule has 0 amide bonds. The molecule has 104 valence electrons. The van der Waals surface area contributed by atoms with Gasteiger partial charge in [-0.15, -0.1) is 0 Å². The molecule has 2 heteroatoms. The molecule has 0 bridgehead atoms. The lowest BCUT2D eigenvalue weighted by atomic mass is 9.71. The molecule has 1 saturated heterocycles. The highest BCUT2D eigenvalue weighted by molar-refractivity contribution is 5.37. The number of aryl methyl sites for hydroxylation is 2. The topological polar surface area (TPSA) is 29.3 Å². The van der Waals surface area contributed by atoms with Gasteiger partial charge in [0.05, 0.1) is 0 Å². The molecule has 0 aromatic heterocycles. The Bertz CT molecular complexity index is 454. The number of rotatable bonds is 3. The molecule has 1 aliphatic heterocycles. The van der Waals surface area contributed by atoms with Crippen molar-refractivity contribution in [1.82, 2.24) is 4.90 Å². The third-order valence-electron chi connectivity index (χ3n) is 5.16. The van der Waals surface area contributed by atoms with E-state index >= 15 is 0 Å². The number of benzene rings is 1. The van der Waals surface area contributed by atoms with E-state index in [-0.39, 0.29) is 5.41 Å². The molecule has 0 unspecified atom stereocenters. The van der Waals surface area contributed by atoms with E-state index < -0.39 is 0 Å². The number of piperidine rings is 1. The highest BCUT2D eigenvalue weighted by Crippen LogP contribution is 2.39. The SMILES string of the molecule is Cc1ccc(C2(CN)CCN(C3CC3)CC2)c(C)c1. The first-order valence-electron chi connectivity index (χ1n) is 7.66. The summed E-state index contributed by atoms with van der Waals surface area (Å²) in [6, 6.07) is 7.77. The first-order chi connectivity index (χ1) is 9.14. The second-order valence-corrected chi connectivity index (χ2v) is 6.57. The number of hydrogen-bond acceptors (Lipinski definition) is 2. The van der Waals surface area contributed by atoms with Crippen molar-refractivity contribution < 1.29 is 0 Å². The van der Waals surface area contributed by atoms with Crippen LogP contribution in [0.2, 0.25) is 0 Å². The Morgan fingerprint density at radius 3 is 2.42 bits per heavy atom. The van der Waals surface area contributed by atoms with E-state index in [9.17, 15) is 0 Å². The average Bonchev–Trinajstić information content (AvgIpc) is 3.23. The predicted molar refractivity (Wildman–Crippen MR) is 80.5 cm³/mol. The van der Waals surface area contributed by atoms with Gasteiger partial charge in [-0.2, -0.15) is 0 Å². The zero-order valence-electron chi connectivity index (χ0n) is 12.3. The molecule has 1 aromatic rings. The van der Waals surface area contributed by atoms with Crippen molar-refractivity contribution in [2.45, 2.75) is 51.0 Å². The lowest BCUT2D eigenvalue weighted by Gasteiger charge is -2.42. The molecule has 2 fully saturated rings. The van der Waals surface area contributed by atoms with Crippen molar-refractivity contribution in [2.24, 2.45) is 5.73 Å². The quantitative estimate of drug-likeness (QED) is 0.903. The Morgan fingerprint density at radius 2 is 1.89 bits per heavy atom. The number of nitrogens with zero attached hydrogens (tertiary/aromatic N) is 1. The normalized spacial score (nSPS) is 23.5. The van der Waals surface area contributed by atoms with Gasteiger partial charge in [0.2, 0.25) is 0 Å². The van der Waals surface area contributed by atoms with Gasteiger partial charge in [0, 0.05) is 18.0 Å². The third kappa shape index (κ3) is 2.44. The van der Waals surface area contributed by atoms with Gasteiger partial charge in [0.1, 0.15) is 0 Å². The molecule has 3 rings (SSSR count). The first kappa shape index (κ1) is 13.1. The fourth-order valence-electron chi connectivity index (χ4n) is 3.75. The van der Waals surface area contributed by atoms with Crippen LogP contribution in [0.1, 0.15) is 42.4 Å². The highest BCUT2D eigenvalue weighted by atomic mass is 15.2. The molecule has 2 nitrogen and oxygen atoms in total. The standard InChI is InChI=1S/C17H26N2/c1-13-3-6-16(14(2)11-13)17(12-18)7-9-19(10-8-17)15-4-5-15/h3,6,11,15H,4-5,7-10,12,18H2,1-2H3. The van der Waals surface area contributed by atoms with Crippen molar-refractivity contribution in [1.29, 1.82) is 0 Å². The highest BCUT2D eigenvalue weighted by Gasteiger charge is 2.39. The summed E-state index contributed by atoms with van der Waals surface area (Å²) in [6.07, 6.45) is 5.28. The van der Waals surface area contributed by atoms with E-state index in [1.807, 2.05) is 0 Å². The molecule has 0 radical (unpaired) electrons. The Morgan fingerprint density at radius 1 is 1.21 bits per heavy atom. The maximum Gasteiger partial charge on any atom is 0.0102 e. The monoisotopic (exact) mass is 258 g/mol. The van der Waals surface area contributed by atoms with E-state index in [0.717, 1.165) is 12.6 Å². The van der Waals surface area contributed by atoms with Gasteiger partial charge >= 0.3 is 0 Å². The van der Waals surface area contributed by atoms with E-state index in [1.165, 1.54) is 55.5 Å². The molecule has 1 heterocycles. The van der Waals surface area contributed by atoms with Crippen LogP contribution in [0.25, 0.3) is 0 Å². The van der Waals surface area contributed by atoms with Crippen molar-refractivity contribution in [3.8, 4) is 0 Å². The summed E-state index contributed by atoms with van der Waals surface area (Å²) in [7, 11) is 0. The summed E-state index contributed by atoms with van der Waals surface area (Å²) in [5.74, 6) is 0. The maximum absolute atomic E-state index is 6.20. The van der Waals surface area contributed by atoms with Crippen LogP contribution in [0.15, 0.2) is 18.2 Å². The molecule has 1 aliphatic carbocycles. The molecule has 1 aromatic carbocycles. The van der Waals surface area contributed by atoms with Crippen LogP contribution in [0.3, 0.4) is 0 Å². The summed E-state index contributed by atoms with van der Waals surface area (Å²) in [5, 5.41) is 0. The van der Waals surface area contributed by atoms with Crippen molar-refractivity contribution in [3.05, 3.63) is 34.9 Å². The second kappa shape index (κ2) is 4.92. The van der Waals surface area contributed by atoms with Gasteiger partial charge < -0.3 is 10.6 Å². The average molecular weight is 258 g/mol. The summed E-state index contributed by atoms with van der Waals surface area (Å²) in [4.78, 5) is 2.68. The van der Waals surface area contributed by atoms with Crippen LogP contribution in [-0.2, 0) is 5.41 Å². The minimum atomic E-state index is 0.225. The van der Waals surface area contributed by atoms with Crippen LogP contribution in [0.5, 0.6) is 0 Å². The van der Waals surface area contributed by atoms with Crippen molar-refractivity contribution in [3.63, 3.8) is 0 Å². The summed E-state index contributed by atoms with van der Waals surface area (Å²) < 4.78 is 0. The summed E-state index contributed by atoms with van der Waals surface area (Å²) in [5.41, 5.74) is 10.7. The molecular weight excluding hydrogens is 232 g/mol. The Balaban J connectivity index is 1.83. The van der Waals surface area contributed by atoms with Crippen molar-refractivity contribution in [2.75, 3.05) is 19.6 Å². The molecule has 0 atom stereocenters. The fraction of sp³-hybridized carbons (Fsp3) is 0.647. The van der Waals surface area contributed by atoms with Crippen LogP contribution in [-0.4, -0.2) is 30.6 Å². The smallest absolute Gasteiger partial charge is 0.0102 e. The van der Waals surface area contributed by atoms with Gasteiger partial charge in [0.15, 0.2) is 0 Å². The van der Waals surface area contributed by atoms with Gasteiger partial charge in [-0.1, -0.05) is 23.8 Å². The van der Waals surface area contributed by atoms with E-state index in [2.05, 4.69) is 36.9 Å². The molecule has 2 aliphatic rings. The third-order valence-corrected chi connectivity index (χ3v) is 5.16. The summed E-state index contributed by atoms with van der Waals surface area (Å²) in [6.45, 7) is 7.66. The lowest BCUT2D eigenvalue weighted by Crippen LogP contribution is -2.47. The zero-order chi connectivity index (χ0) is 13.5. The Kier molecular flexibility index (Phi) is 3.40. The van der Waals surface area contributed by atoms with E-state index in [1.54, 1.807) is 0 Å². The number of likely N-dealkylation sites (tertiary alicyclic amines) is 1. The minimum Gasteiger partial charge on any atom is -0.330 e. The van der Waals surface area contributed by atoms with Gasteiger partial charge in [0.25, 0.3) is 0 Å². The fourth-order valence-corrected chi connectivity index (χ4v) is 3.75. The molecule has 0 spiro atoms. The van der Waals surface area contributed by atoms with E-state index in [4.69, 9.17) is 5.73 Å². The second-order valence-electron chi connectivity index (χ2n) is 6.57. The van der Waals surface area contributed by atoms with Crippen LogP contribution in [0.4, 0.5) is 0 Å². The number of hydrogen-bond donors (Lipinski definition) is 1. The predicted octanol–water partition coefficient (Wildman–Crippen LogP) is 2.76. The molecule has 19 heavy (non-hydrogen) atoms. The van der Waals surface area contributed by atoms with Crippen LogP contribution in [0, 0.1) is 13.8 Å². The molecular formula is C17H26N2. The Labute approximate surface area is 117 Å². The molecule has 1 saturated carbocycles. The van der Waals surface area contributed by atoms with Crippen LogP contribution < -0.4 is 5.73 Å². The zero-order valence-corrected chi connectivity index (χ0v) is 12.3. The van der Waals surface area contributed by atoms with Crippen LogP contribution >= 0.6 is 0 Å². The lowest BCUT2D eigenvalue weighted by molar-refractivity contribution is 0.155. The Hall–Kier alpha value is -0.860. The van der Waals surface area contributed by atoms with Gasteiger partial charge in [-0.3, -0.25) is 0 Å². The largest absolute Gasteiger partial charge is 0.330 e. The van der Waals surface area contributed by atoms with Gasteiger partial charge in [-0.25, -0.2) is 0 Å². The maximum atomic E-state index is 6.20. The first-order valence-corrected chi connectivity index (χ1v) is 7.66. The number of nitrogens with two attached hydrogens (primary N) is 1.